The lowest BCUT2D eigenvalue weighted by atomic mass is 10.2. The maximum Gasteiger partial charge on any atom is 0.0902 e. The van der Waals surface area contributed by atoms with Gasteiger partial charge in [0, 0.05) is 0 Å². The van der Waals surface area contributed by atoms with Crippen LogP contribution in [0.5, 0.6) is 0 Å². The van der Waals surface area contributed by atoms with Crippen LogP contribution in [0.2, 0.25) is 0 Å². The molecule has 0 aliphatic heterocycles. The van der Waals surface area contributed by atoms with E-state index in [4.69, 9.17) is 6.42 Å². The van der Waals surface area contributed by atoms with Gasteiger partial charge in [0.1, 0.15) is 0 Å². The van der Waals surface area contributed by atoms with Crippen molar-refractivity contribution in [3.05, 3.63) is 35.9 Å². The quantitative estimate of drug-likeness (QED) is 0.486. The number of hydrogen-bond donors (Lipinski definition) is 0. The SMILES string of the molecule is C#CCN(F)Cc1ccccc1. The maximum atomic E-state index is 12.8. The van der Waals surface area contributed by atoms with E-state index < -0.39 is 0 Å². The summed E-state index contributed by atoms with van der Waals surface area (Å²) in [7, 11) is 0. The van der Waals surface area contributed by atoms with Crippen molar-refractivity contribution in [2.45, 2.75) is 6.54 Å². The van der Waals surface area contributed by atoms with Gasteiger partial charge in [-0.2, -0.15) is 0 Å². The molecule has 1 rings (SSSR count). The van der Waals surface area contributed by atoms with Crippen LogP contribution in [0.15, 0.2) is 30.3 Å². The summed E-state index contributed by atoms with van der Waals surface area (Å²) in [6.07, 6.45) is 4.95. The summed E-state index contributed by atoms with van der Waals surface area (Å²) < 4.78 is 12.8. The van der Waals surface area contributed by atoms with Crippen LogP contribution in [-0.4, -0.2) is 11.7 Å². The summed E-state index contributed by atoms with van der Waals surface area (Å²) in [5.74, 6) is 2.24. The monoisotopic (exact) mass is 163 g/mol. The van der Waals surface area contributed by atoms with Gasteiger partial charge in [0.15, 0.2) is 0 Å². The van der Waals surface area contributed by atoms with Crippen molar-refractivity contribution in [1.82, 2.24) is 5.12 Å². The Morgan fingerprint density at radius 1 is 1.33 bits per heavy atom. The van der Waals surface area contributed by atoms with E-state index in [0.717, 1.165) is 5.56 Å². The summed E-state index contributed by atoms with van der Waals surface area (Å²) in [6.45, 7) is 0.292. The summed E-state index contributed by atoms with van der Waals surface area (Å²) in [5, 5.41) is 0.606. The molecule has 0 saturated carbocycles. The molecule has 1 nitrogen and oxygen atoms in total. The summed E-state index contributed by atoms with van der Waals surface area (Å²) in [4.78, 5) is 0. The second-order valence-corrected chi connectivity index (χ2v) is 2.47. The summed E-state index contributed by atoms with van der Waals surface area (Å²) in [6, 6.07) is 9.37. The van der Waals surface area contributed by atoms with Crippen LogP contribution >= 0.6 is 0 Å². The molecule has 0 aliphatic carbocycles. The molecule has 2 heteroatoms. The normalized spacial score (nSPS) is 9.75. The molecule has 1 aromatic carbocycles. The van der Waals surface area contributed by atoms with Gasteiger partial charge in [0.25, 0.3) is 0 Å². The molecule has 0 fully saturated rings. The standard InChI is InChI=1S/C10H10FN/c1-2-8-12(11)9-10-6-4-3-5-7-10/h1,3-7H,8-9H2. The predicted molar refractivity (Wildman–Crippen MR) is 46.8 cm³/mol. The minimum Gasteiger partial charge on any atom is -0.133 e. The third kappa shape index (κ3) is 2.73. The molecule has 0 aromatic heterocycles. The molecular weight excluding hydrogens is 153 g/mol. The van der Waals surface area contributed by atoms with Crippen molar-refractivity contribution in [2.24, 2.45) is 0 Å². The number of benzene rings is 1. The Balaban J connectivity index is 2.48. The van der Waals surface area contributed by atoms with Gasteiger partial charge in [-0.15, -0.1) is 16.0 Å². The minimum absolute atomic E-state index is 0.0366. The molecule has 62 valence electrons. The van der Waals surface area contributed by atoms with Gasteiger partial charge in [0.2, 0.25) is 0 Å². The van der Waals surface area contributed by atoms with Crippen LogP contribution in [0.4, 0.5) is 4.48 Å². The average molecular weight is 163 g/mol. The molecule has 12 heavy (non-hydrogen) atoms. The lowest BCUT2D eigenvalue weighted by molar-refractivity contribution is 0.0330. The van der Waals surface area contributed by atoms with Crippen molar-refractivity contribution in [2.75, 3.05) is 6.54 Å². The Bertz CT molecular complexity index is 263. The molecule has 0 spiro atoms. The minimum atomic E-state index is 0.0366. The smallest absolute Gasteiger partial charge is 0.0902 e. The Morgan fingerprint density at radius 2 is 2.00 bits per heavy atom. The Hall–Kier alpha value is -1.33. The van der Waals surface area contributed by atoms with E-state index in [9.17, 15) is 4.48 Å². The van der Waals surface area contributed by atoms with Gasteiger partial charge in [0.05, 0.1) is 13.1 Å². The molecule has 0 radical (unpaired) electrons. The van der Waals surface area contributed by atoms with Gasteiger partial charge in [-0.25, -0.2) is 0 Å². The first kappa shape index (κ1) is 8.76. The van der Waals surface area contributed by atoms with Crippen LogP contribution in [0, 0.1) is 12.3 Å². The number of halogens is 1. The molecule has 0 aliphatic rings. The first-order chi connectivity index (χ1) is 5.83. The van der Waals surface area contributed by atoms with Crippen molar-refractivity contribution in [3.63, 3.8) is 0 Å². The zero-order valence-corrected chi connectivity index (χ0v) is 6.70. The number of rotatable bonds is 3. The van der Waals surface area contributed by atoms with Gasteiger partial charge >= 0.3 is 0 Å². The molecule has 0 atom stereocenters. The highest BCUT2D eigenvalue weighted by molar-refractivity contribution is 5.14. The highest BCUT2D eigenvalue weighted by Crippen LogP contribution is 2.03. The molecule has 0 amide bonds. The van der Waals surface area contributed by atoms with Gasteiger partial charge in [-0.3, -0.25) is 0 Å². The van der Waals surface area contributed by atoms with Gasteiger partial charge in [-0.05, 0) is 5.56 Å². The molecule has 0 unspecified atom stereocenters. The Morgan fingerprint density at radius 3 is 2.58 bits per heavy atom. The Kier molecular flexibility index (Phi) is 3.31. The molecular formula is C10H10FN. The fourth-order valence-corrected chi connectivity index (χ4v) is 0.936. The lowest BCUT2D eigenvalue weighted by Crippen LogP contribution is -2.12. The van der Waals surface area contributed by atoms with Crippen LogP contribution < -0.4 is 0 Å². The highest BCUT2D eigenvalue weighted by atomic mass is 19.2. The third-order valence-corrected chi connectivity index (χ3v) is 1.46. The summed E-state index contributed by atoms with van der Waals surface area (Å²) >= 11 is 0. The first-order valence-corrected chi connectivity index (χ1v) is 3.71. The van der Waals surface area contributed by atoms with E-state index in [1.165, 1.54) is 0 Å². The molecule has 0 N–H and O–H groups in total. The fraction of sp³-hybridized carbons (Fsp3) is 0.200. The second kappa shape index (κ2) is 4.53. The van der Waals surface area contributed by atoms with E-state index in [1.807, 2.05) is 30.3 Å². The predicted octanol–water partition coefficient (Wildman–Crippen LogP) is 2.01. The number of hydrogen-bond acceptors (Lipinski definition) is 1. The van der Waals surface area contributed by atoms with Crippen molar-refractivity contribution in [1.29, 1.82) is 0 Å². The van der Waals surface area contributed by atoms with Crippen molar-refractivity contribution < 1.29 is 4.48 Å². The van der Waals surface area contributed by atoms with E-state index in [2.05, 4.69) is 5.92 Å². The largest absolute Gasteiger partial charge is 0.133 e. The van der Waals surface area contributed by atoms with Crippen LogP contribution in [0.3, 0.4) is 0 Å². The second-order valence-electron chi connectivity index (χ2n) is 2.47. The summed E-state index contributed by atoms with van der Waals surface area (Å²) in [5.41, 5.74) is 0.926. The average Bonchev–Trinajstić information content (AvgIpc) is 2.06. The van der Waals surface area contributed by atoms with Crippen molar-refractivity contribution in [3.8, 4) is 12.3 Å². The van der Waals surface area contributed by atoms with Crippen LogP contribution in [-0.2, 0) is 6.54 Å². The van der Waals surface area contributed by atoms with Gasteiger partial charge < -0.3 is 0 Å². The number of nitrogens with zero attached hydrogens (tertiary/aromatic N) is 1. The zero-order valence-electron chi connectivity index (χ0n) is 6.70. The molecule has 1 aromatic rings. The van der Waals surface area contributed by atoms with Gasteiger partial charge in [-0.1, -0.05) is 36.3 Å². The van der Waals surface area contributed by atoms with E-state index >= 15 is 0 Å². The first-order valence-electron chi connectivity index (χ1n) is 3.71. The fourth-order valence-electron chi connectivity index (χ4n) is 0.936. The maximum absolute atomic E-state index is 12.8. The molecule has 0 heterocycles. The van der Waals surface area contributed by atoms with Crippen molar-refractivity contribution >= 4 is 0 Å². The van der Waals surface area contributed by atoms with Crippen LogP contribution in [0.25, 0.3) is 0 Å². The van der Waals surface area contributed by atoms with Crippen LogP contribution in [0.1, 0.15) is 5.56 Å². The topological polar surface area (TPSA) is 3.24 Å². The highest BCUT2D eigenvalue weighted by Gasteiger charge is 2.00. The Labute approximate surface area is 71.8 Å². The lowest BCUT2D eigenvalue weighted by Gasteiger charge is -2.07. The zero-order chi connectivity index (χ0) is 8.81. The molecule has 0 bridgehead atoms. The number of terminal acetylenes is 1. The van der Waals surface area contributed by atoms with E-state index in [-0.39, 0.29) is 13.1 Å². The van der Waals surface area contributed by atoms with E-state index in [0.29, 0.717) is 5.12 Å². The molecule has 0 saturated heterocycles. The third-order valence-electron chi connectivity index (χ3n) is 1.46. The van der Waals surface area contributed by atoms with E-state index in [1.54, 1.807) is 0 Å².